The lowest BCUT2D eigenvalue weighted by Crippen LogP contribution is -2.49. The monoisotopic (exact) mass is 436 g/mol. The Bertz CT molecular complexity index is 1080. The highest BCUT2D eigenvalue weighted by Gasteiger charge is 2.65. The van der Waals surface area contributed by atoms with Crippen LogP contribution in [-0.4, -0.2) is 47.3 Å². The fourth-order valence-electron chi connectivity index (χ4n) is 5.64. The molecule has 1 amide bonds. The highest BCUT2D eigenvalue weighted by atomic mass is 32.1. The topological polar surface area (TPSA) is 53.0 Å². The third-order valence-electron chi connectivity index (χ3n) is 6.87. The standard InChI is InChI=1S/C25H28N2O3S/c1-24(2,29)13-11-18-9-10-22(31-18)20-15-17-16-26(19-7-4-5-8-21(19)30-3)23(28)25(17)12-6-14-27(20)25/h4-5,7-10,17,20,29H,6,12,14-16H2,1-3H3/t17-,20-,25-/m0/s1. The minimum atomic E-state index is -0.998. The van der Waals surface area contributed by atoms with E-state index in [0.29, 0.717) is 5.92 Å². The van der Waals surface area contributed by atoms with Gasteiger partial charge >= 0.3 is 0 Å². The fraction of sp³-hybridized carbons (Fsp3) is 0.480. The molecule has 1 aromatic heterocycles. The molecule has 1 N–H and O–H groups in total. The van der Waals surface area contributed by atoms with Gasteiger partial charge in [0.05, 0.1) is 17.7 Å². The van der Waals surface area contributed by atoms with Crippen LogP contribution in [0.15, 0.2) is 36.4 Å². The molecule has 1 aromatic carbocycles. The first-order valence-corrected chi connectivity index (χ1v) is 11.7. The minimum Gasteiger partial charge on any atom is -0.495 e. The fourth-order valence-corrected chi connectivity index (χ4v) is 6.62. The zero-order chi connectivity index (χ0) is 21.8. The molecule has 1 spiro atoms. The quantitative estimate of drug-likeness (QED) is 0.744. The van der Waals surface area contributed by atoms with Crippen molar-refractivity contribution in [1.82, 2.24) is 4.90 Å². The molecule has 0 saturated carbocycles. The van der Waals surface area contributed by atoms with Crippen molar-refractivity contribution in [2.45, 2.75) is 50.3 Å². The van der Waals surface area contributed by atoms with Gasteiger partial charge in [0.1, 0.15) is 16.9 Å². The van der Waals surface area contributed by atoms with Crippen molar-refractivity contribution in [3.05, 3.63) is 46.2 Å². The van der Waals surface area contributed by atoms with E-state index in [2.05, 4.69) is 22.8 Å². The lowest BCUT2D eigenvalue weighted by Gasteiger charge is -2.33. The van der Waals surface area contributed by atoms with E-state index >= 15 is 0 Å². The zero-order valence-electron chi connectivity index (χ0n) is 18.2. The Morgan fingerprint density at radius 2 is 2.06 bits per heavy atom. The second-order valence-electron chi connectivity index (χ2n) is 9.27. The van der Waals surface area contributed by atoms with Crippen LogP contribution >= 0.6 is 11.3 Å². The third kappa shape index (κ3) is 3.27. The predicted molar refractivity (Wildman–Crippen MR) is 122 cm³/mol. The minimum absolute atomic E-state index is 0.223. The number of para-hydroxylation sites is 2. The summed E-state index contributed by atoms with van der Waals surface area (Å²) in [5.41, 5.74) is -0.515. The van der Waals surface area contributed by atoms with E-state index in [-0.39, 0.29) is 11.9 Å². The van der Waals surface area contributed by atoms with Crippen molar-refractivity contribution in [2.24, 2.45) is 5.92 Å². The molecule has 5 nitrogen and oxygen atoms in total. The molecule has 3 atom stereocenters. The molecule has 0 aliphatic carbocycles. The van der Waals surface area contributed by atoms with Gasteiger partial charge in [-0.1, -0.05) is 24.0 Å². The van der Waals surface area contributed by atoms with Crippen LogP contribution in [-0.2, 0) is 4.79 Å². The molecule has 162 valence electrons. The molecule has 3 aliphatic heterocycles. The number of amides is 1. The molecule has 3 fully saturated rings. The lowest BCUT2D eigenvalue weighted by molar-refractivity contribution is -0.126. The Kier molecular flexibility index (Phi) is 4.89. The summed E-state index contributed by atoms with van der Waals surface area (Å²) in [5, 5.41) is 9.89. The molecule has 3 aliphatic rings. The number of hydrogen-bond acceptors (Lipinski definition) is 5. The molecule has 5 rings (SSSR count). The predicted octanol–water partition coefficient (Wildman–Crippen LogP) is 3.82. The first kappa shape index (κ1) is 20.6. The number of carbonyl (C=O) groups is 1. The van der Waals surface area contributed by atoms with Crippen molar-refractivity contribution in [3.63, 3.8) is 0 Å². The number of carbonyl (C=O) groups excluding carboxylic acids is 1. The molecule has 6 heteroatoms. The first-order chi connectivity index (χ1) is 14.8. The van der Waals surface area contributed by atoms with Gasteiger partial charge in [-0.2, -0.15) is 0 Å². The zero-order valence-corrected chi connectivity index (χ0v) is 19.0. The molecular formula is C25H28N2O3S. The van der Waals surface area contributed by atoms with E-state index in [4.69, 9.17) is 4.74 Å². The van der Waals surface area contributed by atoms with E-state index in [1.807, 2.05) is 35.2 Å². The summed E-state index contributed by atoms with van der Waals surface area (Å²) >= 11 is 1.69. The maximum Gasteiger partial charge on any atom is 0.248 e. The largest absolute Gasteiger partial charge is 0.495 e. The number of methoxy groups -OCH3 is 1. The van der Waals surface area contributed by atoms with Crippen molar-refractivity contribution < 1.29 is 14.6 Å². The molecule has 2 aromatic rings. The second kappa shape index (κ2) is 7.37. The average molecular weight is 437 g/mol. The SMILES string of the molecule is COc1ccccc1N1C[C@@H]2C[C@@H](c3ccc(C#CC(C)(C)O)s3)N3CCC[C@@]23C1=O. The molecule has 31 heavy (non-hydrogen) atoms. The van der Waals surface area contributed by atoms with Crippen LogP contribution in [0, 0.1) is 17.8 Å². The van der Waals surface area contributed by atoms with Crippen molar-refractivity contribution in [2.75, 3.05) is 25.1 Å². The van der Waals surface area contributed by atoms with Crippen LogP contribution in [0.5, 0.6) is 5.75 Å². The Morgan fingerprint density at radius 1 is 1.26 bits per heavy atom. The van der Waals surface area contributed by atoms with E-state index < -0.39 is 11.1 Å². The number of aliphatic hydroxyl groups is 1. The molecule has 0 bridgehead atoms. The van der Waals surface area contributed by atoms with E-state index in [1.54, 1.807) is 32.3 Å². The Balaban J connectivity index is 1.44. The third-order valence-corrected chi connectivity index (χ3v) is 7.97. The summed E-state index contributed by atoms with van der Waals surface area (Å²) < 4.78 is 5.54. The highest BCUT2D eigenvalue weighted by molar-refractivity contribution is 7.12. The van der Waals surface area contributed by atoms with Crippen LogP contribution in [0.3, 0.4) is 0 Å². The average Bonchev–Trinajstić information content (AvgIpc) is 3.48. The summed E-state index contributed by atoms with van der Waals surface area (Å²) in [5.74, 6) is 7.28. The van der Waals surface area contributed by atoms with Crippen LogP contribution in [0.1, 0.15) is 48.9 Å². The van der Waals surface area contributed by atoms with Crippen LogP contribution in [0.25, 0.3) is 0 Å². The maximum atomic E-state index is 13.8. The van der Waals surface area contributed by atoms with Gasteiger partial charge in [0.25, 0.3) is 0 Å². The van der Waals surface area contributed by atoms with Gasteiger partial charge in [0.2, 0.25) is 5.91 Å². The van der Waals surface area contributed by atoms with E-state index in [0.717, 1.165) is 48.7 Å². The maximum absolute atomic E-state index is 13.8. The highest BCUT2D eigenvalue weighted by Crippen LogP contribution is 2.57. The number of hydrogen-bond donors (Lipinski definition) is 1. The summed E-state index contributed by atoms with van der Waals surface area (Å²) in [6.45, 7) is 5.08. The van der Waals surface area contributed by atoms with Gasteiger partial charge in [-0.25, -0.2) is 0 Å². The summed E-state index contributed by atoms with van der Waals surface area (Å²) in [7, 11) is 1.66. The van der Waals surface area contributed by atoms with Crippen molar-refractivity contribution >= 4 is 22.9 Å². The van der Waals surface area contributed by atoms with Crippen LogP contribution in [0.4, 0.5) is 5.69 Å². The Labute approximate surface area is 187 Å². The molecule has 3 saturated heterocycles. The molecule has 4 heterocycles. The van der Waals surface area contributed by atoms with E-state index in [1.165, 1.54) is 4.88 Å². The number of anilines is 1. The van der Waals surface area contributed by atoms with Gasteiger partial charge < -0.3 is 14.7 Å². The summed E-state index contributed by atoms with van der Waals surface area (Å²) in [6, 6.07) is 12.3. The van der Waals surface area contributed by atoms with Crippen LogP contribution < -0.4 is 9.64 Å². The first-order valence-electron chi connectivity index (χ1n) is 10.9. The molecular weight excluding hydrogens is 408 g/mol. The van der Waals surface area contributed by atoms with Crippen LogP contribution in [0.2, 0.25) is 0 Å². The molecule has 0 unspecified atom stereocenters. The normalized spacial score (nSPS) is 27.7. The Morgan fingerprint density at radius 3 is 2.84 bits per heavy atom. The smallest absolute Gasteiger partial charge is 0.248 e. The van der Waals surface area contributed by atoms with Gasteiger partial charge in [-0.05, 0) is 63.9 Å². The number of nitrogens with zero attached hydrogens (tertiary/aromatic N) is 2. The Hall–Kier alpha value is -2.33. The van der Waals surface area contributed by atoms with Gasteiger partial charge in [-0.3, -0.25) is 9.69 Å². The molecule has 0 radical (unpaired) electrons. The van der Waals surface area contributed by atoms with Gasteiger partial charge in [-0.15, -0.1) is 11.3 Å². The number of benzene rings is 1. The summed E-state index contributed by atoms with van der Waals surface area (Å²) in [6.07, 6.45) is 2.96. The lowest BCUT2D eigenvalue weighted by atomic mass is 9.85. The van der Waals surface area contributed by atoms with Gasteiger partial charge in [0.15, 0.2) is 0 Å². The van der Waals surface area contributed by atoms with Crippen molar-refractivity contribution in [1.29, 1.82) is 0 Å². The number of thiophene rings is 1. The second-order valence-corrected chi connectivity index (χ2v) is 10.4. The van der Waals surface area contributed by atoms with Gasteiger partial charge in [0, 0.05) is 23.4 Å². The van der Waals surface area contributed by atoms with E-state index in [9.17, 15) is 9.90 Å². The van der Waals surface area contributed by atoms with Crippen molar-refractivity contribution in [3.8, 4) is 17.6 Å². The summed E-state index contributed by atoms with van der Waals surface area (Å²) in [4.78, 5) is 20.5. The number of rotatable bonds is 3. The number of ether oxygens (including phenoxy) is 1.